The Morgan fingerprint density at radius 1 is 0.679 bits per heavy atom. The Kier molecular flexibility index (Phi) is 15.2. The van der Waals surface area contributed by atoms with Crippen molar-refractivity contribution in [1.82, 2.24) is 19.4 Å². The van der Waals surface area contributed by atoms with E-state index in [1.54, 1.807) is 30.3 Å². The molecule has 0 aliphatic heterocycles. The molecule has 0 amide bonds. The molecule has 0 aliphatic rings. The van der Waals surface area contributed by atoms with Crippen molar-refractivity contribution in [2.75, 3.05) is 55.6 Å². The molecule has 0 unspecified atom stereocenters. The number of aromatic nitrogens is 2. The highest BCUT2D eigenvalue weighted by atomic mass is 16.5. The topological polar surface area (TPSA) is 113 Å². The van der Waals surface area contributed by atoms with Crippen LogP contribution in [0.1, 0.15) is 36.6 Å². The summed E-state index contributed by atoms with van der Waals surface area (Å²) in [5.41, 5.74) is 4.83. The minimum Gasteiger partial charge on any atom is -0.492 e. The molecule has 6 rings (SSSR count). The smallest absolute Gasteiger partial charge is 0.337 e. The lowest BCUT2D eigenvalue weighted by Crippen LogP contribution is -2.11. The Hall–Kier alpha value is -5.91. The van der Waals surface area contributed by atoms with E-state index in [1.165, 1.54) is 19.8 Å². The van der Waals surface area contributed by atoms with Crippen molar-refractivity contribution in [1.29, 1.82) is 0 Å². The van der Waals surface area contributed by atoms with Crippen LogP contribution in [0.3, 0.4) is 0 Å². The van der Waals surface area contributed by atoms with Gasteiger partial charge in [0.1, 0.15) is 31.0 Å². The minimum atomic E-state index is -0.355. The maximum Gasteiger partial charge on any atom is 0.337 e. The number of rotatable bonds is 13. The molecule has 278 valence electrons. The van der Waals surface area contributed by atoms with Crippen LogP contribution in [0.25, 0.3) is 21.8 Å². The quantitative estimate of drug-likeness (QED) is 0.103. The largest absolute Gasteiger partial charge is 0.492 e. The average Bonchev–Trinajstić information content (AvgIpc) is 3.78. The number of hydrogen-bond donors (Lipinski definition) is 1. The number of ether oxygens (including phenoxy) is 4. The number of benzene rings is 4. The third-order valence-corrected chi connectivity index (χ3v) is 7.98. The SMILES string of the molecule is CNC.COC(=O)c1ccc2ccn(CCOc3cccc(C=O)c3)c2c1.COC(=O)c1ccc2ccn(CCOc3cccc(CN(C)C)c3)c2c1. The zero-order chi connectivity index (χ0) is 38.2. The molecular formula is C42H48N4O7. The van der Waals surface area contributed by atoms with Crippen molar-refractivity contribution in [3.05, 3.63) is 132 Å². The highest BCUT2D eigenvalue weighted by Gasteiger charge is 2.10. The van der Waals surface area contributed by atoms with Gasteiger partial charge >= 0.3 is 11.9 Å². The first-order chi connectivity index (χ1) is 25.7. The molecule has 2 heterocycles. The van der Waals surface area contributed by atoms with Gasteiger partial charge in [-0.15, -0.1) is 0 Å². The Bertz CT molecular complexity index is 2100. The second-order valence-electron chi connectivity index (χ2n) is 12.3. The third kappa shape index (κ3) is 11.5. The summed E-state index contributed by atoms with van der Waals surface area (Å²) in [6.45, 7) is 3.22. The van der Waals surface area contributed by atoms with Gasteiger partial charge in [-0.1, -0.05) is 36.4 Å². The van der Waals surface area contributed by atoms with Crippen LogP contribution in [0.4, 0.5) is 0 Å². The molecule has 0 fully saturated rings. The fourth-order valence-corrected chi connectivity index (χ4v) is 5.55. The van der Waals surface area contributed by atoms with Gasteiger partial charge in [0.05, 0.1) is 38.4 Å². The van der Waals surface area contributed by atoms with E-state index in [1.807, 2.05) is 99.7 Å². The van der Waals surface area contributed by atoms with Gasteiger partial charge in [0.15, 0.2) is 0 Å². The Morgan fingerprint density at radius 3 is 1.64 bits per heavy atom. The second-order valence-corrected chi connectivity index (χ2v) is 12.3. The van der Waals surface area contributed by atoms with E-state index in [0.29, 0.717) is 48.7 Å². The van der Waals surface area contributed by atoms with E-state index in [2.05, 4.69) is 26.9 Å². The number of esters is 2. The summed E-state index contributed by atoms with van der Waals surface area (Å²) in [7, 11) is 10.6. The minimum absolute atomic E-state index is 0.325. The van der Waals surface area contributed by atoms with Crippen molar-refractivity contribution < 1.29 is 33.3 Å². The molecular weight excluding hydrogens is 672 g/mol. The number of nitrogens with zero attached hydrogens (tertiary/aromatic N) is 3. The lowest BCUT2D eigenvalue weighted by Gasteiger charge is -2.12. The summed E-state index contributed by atoms with van der Waals surface area (Å²) in [5, 5.41) is 4.89. The molecule has 11 nitrogen and oxygen atoms in total. The number of nitrogens with one attached hydrogen (secondary N) is 1. The standard InChI is InChI=1S/C21H24N2O3.C19H17NO4.C2H7N/c1-22(2)15-16-5-4-6-19(13-16)26-12-11-23-10-9-17-7-8-18(14-20(17)23)21(24)25-3;1-23-19(22)16-6-5-15-7-8-20(18(15)12-16)9-10-24-17-4-2-3-14(11-17)13-21;1-3-2/h4-10,13-14H,11-12,15H2,1-3H3;2-8,11-13H,9-10H2,1H3;3H,1-2H3. The van der Waals surface area contributed by atoms with Gasteiger partial charge in [0.25, 0.3) is 0 Å². The summed E-state index contributed by atoms with van der Waals surface area (Å²) in [4.78, 5) is 36.3. The second kappa shape index (κ2) is 20.2. The molecule has 0 saturated carbocycles. The zero-order valence-corrected chi connectivity index (χ0v) is 31.2. The summed E-state index contributed by atoms with van der Waals surface area (Å²) in [6.07, 6.45) is 4.76. The highest BCUT2D eigenvalue weighted by molar-refractivity contribution is 5.95. The van der Waals surface area contributed by atoms with E-state index in [4.69, 9.17) is 18.9 Å². The monoisotopic (exact) mass is 720 g/mol. The van der Waals surface area contributed by atoms with Gasteiger partial charge in [-0.3, -0.25) is 4.79 Å². The van der Waals surface area contributed by atoms with Gasteiger partial charge < -0.3 is 38.3 Å². The molecule has 0 atom stereocenters. The molecule has 2 aromatic heterocycles. The van der Waals surface area contributed by atoms with Crippen LogP contribution < -0.4 is 14.8 Å². The van der Waals surface area contributed by atoms with Gasteiger partial charge in [-0.05, 0) is 105 Å². The predicted octanol–water partition coefficient (Wildman–Crippen LogP) is 6.72. The van der Waals surface area contributed by atoms with Crippen LogP contribution in [0.5, 0.6) is 11.5 Å². The van der Waals surface area contributed by atoms with Crippen LogP contribution in [0.15, 0.2) is 109 Å². The molecule has 53 heavy (non-hydrogen) atoms. The molecule has 0 spiro atoms. The number of hydrogen-bond acceptors (Lipinski definition) is 9. The number of aldehydes is 1. The molecule has 0 saturated heterocycles. The molecule has 0 aliphatic carbocycles. The van der Waals surface area contributed by atoms with E-state index in [0.717, 1.165) is 40.4 Å². The number of carbonyl (C=O) groups excluding carboxylic acids is 3. The molecule has 0 radical (unpaired) electrons. The first-order valence-corrected chi connectivity index (χ1v) is 17.2. The molecule has 11 heteroatoms. The van der Waals surface area contributed by atoms with E-state index in [9.17, 15) is 14.4 Å². The van der Waals surface area contributed by atoms with E-state index >= 15 is 0 Å². The number of fused-ring (bicyclic) bond motifs is 2. The third-order valence-electron chi connectivity index (χ3n) is 7.98. The molecule has 0 bridgehead atoms. The van der Waals surface area contributed by atoms with Crippen LogP contribution in [-0.2, 0) is 29.1 Å². The van der Waals surface area contributed by atoms with Crippen molar-refractivity contribution in [3.63, 3.8) is 0 Å². The average molecular weight is 721 g/mol. The fraction of sp³-hybridized carbons (Fsp3) is 0.262. The van der Waals surface area contributed by atoms with Gasteiger partial charge in [-0.2, -0.15) is 0 Å². The Morgan fingerprint density at radius 2 is 1.17 bits per heavy atom. The highest BCUT2D eigenvalue weighted by Crippen LogP contribution is 2.21. The first kappa shape index (κ1) is 39.9. The van der Waals surface area contributed by atoms with Crippen LogP contribution in [0, 0.1) is 0 Å². The van der Waals surface area contributed by atoms with Gasteiger partial charge in [-0.25, -0.2) is 9.59 Å². The lowest BCUT2D eigenvalue weighted by atomic mass is 10.1. The molecule has 6 aromatic rings. The summed E-state index contributed by atoms with van der Waals surface area (Å²) >= 11 is 0. The van der Waals surface area contributed by atoms with Crippen LogP contribution in [-0.4, -0.2) is 87.9 Å². The Labute approximate surface area is 310 Å². The lowest BCUT2D eigenvalue weighted by molar-refractivity contribution is 0.0592. The zero-order valence-electron chi connectivity index (χ0n) is 31.2. The maximum atomic E-state index is 11.7. The van der Waals surface area contributed by atoms with E-state index < -0.39 is 0 Å². The van der Waals surface area contributed by atoms with Gasteiger partial charge in [0, 0.05) is 35.5 Å². The maximum absolute atomic E-state index is 11.7. The summed E-state index contributed by atoms with van der Waals surface area (Å²) in [5.74, 6) is 0.850. The fourth-order valence-electron chi connectivity index (χ4n) is 5.55. The summed E-state index contributed by atoms with van der Waals surface area (Å²) < 4.78 is 25.3. The molecule has 1 N–H and O–H groups in total. The van der Waals surface area contributed by atoms with Crippen molar-refractivity contribution in [2.45, 2.75) is 19.6 Å². The first-order valence-electron chi connectivity index (χ1n) is 17.2. The summed E-state index contributed by atoms with van der Waals surface area (Å²) in [6, 6.07) is 30.3. The van der Waals surface area contributed by atoms with Gasteiger partial charge in [0.2, 0.25) is 0 Å². The van der Waals surface area contributed by atoms with Crippen molar-refractivity contribution >= 4 is 40.0 Å². The predicted molar refractivity (Wildman–Crippen MR) is 208 cm³/mol. The van der Waals surface area contributed by atoms with Crippen molar-refractivity contribution in [3.8, 4) is 11.5 Å². The number of carbonyl (C=O) groups is 3. The normalized spacial score (nSPS) is 10.5. The Balaban J connectivity index is 0.000000221. The van der Waals surface area contributed by atoms with Crippen LogP contribution >= 0.6 is 0 Å². The number of methoxy groups -OCH3 is 2. The van der Waals surface area contributed by atoms with Crippen LogP contribution in [0.2, 0.25) is 0 Å². The van der Waals surface area contributed by atoms with E-state index in [-0.39, 0.29) is 11.9 Å². The van der Waals surface area contributed by atoms with Crippen molar-refractivity contribution in [2.24, 2.45) is 0 Å². The molecule has 4 aromatic carbocycles.